The van der Waals surface area contributed by atoms with Crippen LogP contribution < -0.4 is 10.6 Å². The van der Waals surface area contributed by atoms with Crippen LogP contribution in [0.1, 0.15) is 12.8 Å². The van der Waals surface area contributed by atoms with Crippen molar-refractivity contribution >= 4 is 11.8 Å². The Morgan fingerprint density at radius 3 is 1.59 bits per heavy atom. The number of nitrogens with zero attached hydrogens (tertiary/aromatic N) is 2. The number of nitrogens with one attached hydrogen (secondary N) is 2. The Morgan fingerprint density at radius 2 is 1.18 bits per heavy atom. The van der Waals surface area contributed by atoms with E-state index in [1.165, 1.54) is 0 Å². The fourth-order valence-electron chi connectivity index (χ4n) is 1.32. The molecule has 0 bridgehead atoms. The normalized spacial score (nSPS) is 20.5. The van der Waals surface area contributed by atoms with Gasteiger partial charge >= 0.3 is 0 Å². The fraction of sp³-hybridized carbons (Fsp3) is 0.800. The molecule has 0 spiro atoms. The van der Waals surface area contributed by atoms with E-state index in [0.717, 1.165) is 0 Å². The molecular weight excluding hydrogens is 267 g/mol. The van der Waals surface area contributed by atoms with Gasteiger partial charge in [-0.2, -0.15) is 0 Å². The Kier molecular flexibility index (Phi) is 10.1. The van der Waals surface area contributed by atoms with E-state index in [-0.39, 0.29) is 28.3 Å². The molecule has 1 saturated heterocycles. The third kappa shape index (κ3) is 9.09. The molecule has 0 unspecified atom stereocenters. The van der Waals surface area contributed by atoms with Gasteiger partial charge in [-0.1, -0.05) is 0 Å². The number of carbonyl (C=O) groups is 2. The zero-order chi connectivity index (χ0) is 11.6. The van der Waals surface area contributed by atoms with Crippen molar-refractivity contribution in [3.05, 3.63) is 10.6 Å². The van der Waals surface area contributed by atoms with Crippen LogP contribution in [-0.4, -0.2) is 51.1 Å². The maximum absolute atomic E-state index is 11.2. The monoisotopic (exact) mass is 284 g/mol. The van der Waals surface area contributed by atoms with E-state index in [9.17, 15) is 9.59 Å². The van der Waals surface area contributed by atoms with Crippen LogP contribution in [0.5, 0.6) is 0 Å². The molecule has 102 valence electrons. The van der Waals surface area contributed by atoms with Gasteiger partial charge in [0.25, 0.3) is 0 Å². The second-order valence-corrected chi connectivity index (χ2v) is 3.55. The van der Waals surface area contributed by atoms with Gasteiger partial charge in [0.15, 0.2) is 0 Å². The fourth-order valence-corrected chi connectivity index (χ4v) is 1.32. The van der Waals surface area contributed by atoms with Crippen molar-refractivity contribution in [1.29, 1.82) is 0 Å². The van der Waals surface area contributed by atoms with Crippen LogP contribution in [0, 0.1) is 0 Å². The van der Waals surface area contributed by atoms with E-state index in [4.69, 9.17) is 0 Å². The van der Waals surface area contributed by atoms with E-state index in [1.807, 2.05) is 0 Å². The van der Waals surface area contributed by atoms with Gasteiger partial charge in [0.05, 0.1) is 11.8 Å². The summed E-state index contributed by atoms with van der Waals surface area (Å²) in [6.45, 7) is 3.41. The molecule has 2 amide bonds. The molecule has 0 radical (unpaired) electrons. The molecule has 0 aliphatic carbocycles. The second kappa shape index (κ2) is 10.5. The molecule has 0 aromatic carbocycles. The van der Waals surface area contributed by atoms with E-state index in [2.05, 4.69) is 21.3 Å². The summed E-state index contributed by atoms with van der Waals surface area (Å²) in [7, 11) is 0. The minimum atomic E-state index is -0.0700. The van der Waals surface area contributed by atoms with Gasteiger partial charge in [-0.15, -0.1) is 13.1 Å². The molecule has 0 saturated carbocycles. The Hall–Kier alpha value is -0.646. The quantitative estimate of drug-likeness (QED) is 0.601. The van der Waals surface area contributed by atoms with Crippen molar-refractivity contribution < 1.29 is 26.1 Å². The maximum atomic E-state index is 11.2. The molecule has 6 nitrogen and oxygen atoms in total. The first-order valence-electron chi connectivity index (χ1n) is 5.61. The first kappa shape index (κ1) is 16.4. The third-order valence-corrected chi connectivity index (χ3v) is 2.18. The Balaban J connectivity index is 0.00000256. The average Bonchev–Trinajstić information content (AvgIpc) is 2.27. The van der Waals surface area contributed by atoms with Crippen LogP contribution in [-0.2, 0) is 26.1 Å². The van der Waals surface area contributed by atoms with Gasteiger partial charge in [-0.05, 0) is 13.1 Å². The Morgan fingerprint density at radius 1 is 0.765 bits per heavy atom. The van der Waals surface area contributed by atoms with Gasteiger partial charge in [0.1, 0.15) is 0 Å². The predicted octanol–water partition coefficient (Wildman–Crippen LogP) is -0.242. The molecule has 1 fully saturated rings. The summed E-state index contributed by atoms with van der Waals surface area (Å²) in [5.41, 5.74) is 0. The van der Waals surface area contributed by atoms with Gasteiger partial charge in [0.2, 0.25) is 0 Å². The van der Waals surface area contributed by atoms with E-state index < -0.39 is 0 Å². The molecule has 7 heteroatoms. The van der Waals surface area contributed by atoms with E-state index in [1.54, 1.807) is 0 Å². The summed E-state index contributed by atoms with van der Waals surface area (Å²) in [5, 5.41) is 13.9. The van der Waals surface area contributed by atoms with Crippen LogP contribution in [0.2, 0.25) is 0 Å². The summed E-state index contributed by atoms with van der Waals surface area (Å²) < 4.78 is 0. The minimum absolute atomic E-state index is 0. The number of carbonyl (C=O) groups excluding carboxylic acids is 2. The largest absolute Gasteiger partial charge is 0.652 e. The van der Waals surface area contributed by atoms with Crippen LogP contribution in [0.3, 0.4) is 0 Å². The number of amides is 2. The van der Waals surface area contributed by atoms with Crippen LogP contribution >= 0.6 is 0 Å². The van der Waals surface area contributed by atoms with Crippen molar-refractivity contribution in [1.82, 2.24) is 10.6 Å². The molecule has 2 N–H and O–H groups in total. The SMILES string of the molecule is O=C1CCNCC[N-]C(=O)CCNCC[N-]1.[Ni]. The predicted molar refractivity (Wildman–Crippen MR) is 61.4 cm³/mol. The van der Waals surface area contributed by atoms with Crippen molar-refractivity contribution in [2.75, 3.05) is 39.3 Å². The second-order valence-electron chi connectivity index (χ2n) is 3.55. The molecular formula is C10H18N4NiO2-2. The van der Waals surface area contributed by atoms with Gasteiger partial charge in [-0.25, -0.2) is 0 Å². The number of rotatable bonds is 0. The summed E-state index contributed by atoms with van der Waals surface area (Å²) in [4.78, 5) is 22.4. The molecule has 0 aromatic rings. The van der Waals surface area contributed by atoms with E-state index in [0.29, 0.717) is 52.1 Å². The third-order valence-electron chi connectivity index (χ3n) is 2.18. The average molecular weight is 285 g/mol. The zero-order valence-corrected chi connectivity index (χ0v) is 10.7. The molecule has 1 heterocycles. The van der Waals surface area contributed by atoms with Crippen LogP contribution in [0.25, 0.3) is 10.6 Å². The van der Waals surface area contributed by atoms with Crippen molar-refractivity contribution in [3.63, 3.8) is 0 Å². The Bertz CT molecular complexity index is 194. The maximum Gasteiger partial charge on any atom is 0.0524 e. The van der Waals surface area contributed by atoms with Crippen LogP contribution in [0.15, 0.2) is 0 Å². The molecule has 1 aliphatic heterocycles. The van der Waals surface area contributed by atoms with Gasteiger partial charge < -0.3 is 30.9 Å². The standard InChI is InChI=1S/C10H20N4O2.Ni/c15-9-1-3-11-5-8-14-10(16)2-4-12-6-7-13-9;/h11-12H,1-8H2,(H2,13,14,15,16);/p-2. The molecule has 0 atom stereocenters. The summed E-state index contributed by atoms with van der Waals surface area (Å²) >= 11 is 0. The minimum Gasteiger partial charge on any atom is -0.652 e. The first-order chi connectivity index (χ1) is 7.79. The molecule has 17 heavy (non-hydrogen) atoms. The molecule has 0 aromatic heterocycles. The number of hydrogen-bond donors (Lipinski definition) is 2. The topological polar surface area (TPSA) is 86.4 Å². The smallest absolute Gasteiger partial charge is 0.0524 e. The Labute approximate surface area is 112 Å². The zero-order valence-electron chi connectivity index (χ0n) is 9.68. The van der Waals surface area contributed by atoms with Crippen molar-refractivity contribution in [3.8, 4) is 0 Å². The molecule has 1 aliphatic rings. The summed E-state index contributed by atoms with van der Waals surface area (Å²) in [5.74, 6) is -0.140. The van der Waals surface area contributed by atoms with Crippen molar-refractivity contribution in [2.45, 2.75) is 12.8 Å². The van der Waals surface area contributed by atoms with Gasteiger partial charge in [0, 0.05) is 42.4 Å². The van der Waals surface area contributed by atoms with Crippen molar-refractivity contribution in [2.24, 2.45) is 0 Å². The first-order valence-corrected chi connectivity index (χ1v) is 5.61. The number of hydrogen-bond acceptors (Lipinski definition) is 4. The summed E-state index contributed by atoms with van der Waals surface area (Å²) in [6, 6.07) is 0. The summed E-state index contributed by atoms with van der Waals surface area (Å²) in [6.07, 6.45) is 0.821. The van der Waals surface area contributed by atoms with Gasteiger partial charge in [-0.3, -0.25) is 0 Å². The van der Waals surface area contributed by atoms with E-state index >= 15 is 0 Å². The molecule has 1 rings (SSSR count). The van der Waals surface area contributed by atoms with Crippen LogP contribution in [0.4, 0.5) is 0 Å².